The number of thiophene rings is 1. The van der Waals surface area contributed by atoms with E-state index in [-0.39, 0.29) is 34.5 Å². The van der Waals surface area contributed by atoms with E-state index in [9.17, 15) is 20.2 Å². The number of nitriles is 1. The van der Waals surface area contributed by atoms with Gasteiger partial charge in [-0.2, -0.15) is 5.26 Å². The molecule has 2 aromatic heterocycles. The van der Waals surface area contributed by atoms with Crippen molar-refractivity contribution in [1.82, 2.24) is 10.2 Å². The first-order valence-electron chi connectivity index (χ1n) is 10.8. The number of aromatic nitrogens is 2. The van der Waals surface area contributed by atoms with Crippen molar-refractivity contribution in [3.63, 3.8) is 0 Å². The van der Waals surface area contributed by atoms with Gasteiger partial charge in [0.1, 0.15) is 16.5 Å². The number of rotatable bonds is 6. The van der Waals surface area contributed by atoms with Gasteiger partial charge in [0, 0.05) is 17.7 Å². The average molecular weight is 516 g/mol. The Hall–Kier alpha value is -5.15. The first-order valence-corrected chi connectivity index (χ1v) is 11.6. The number of methoxy groups -OCH3 is 1. The van der Waals surface area contributed by atoms with E-state index >= 15 is 0 Å². The van der Waals surface area contributed by atoms with Crippen LogP contribution in [0.15, 0.2) is 71.4 Å². The number of ether oxygens (including phenoxy) is 3. The number of non-ortho nitro benzene ring substituents is 1. The van der Waals surface area contributed by atoms with Gasteiger partial charge in [-0.05, 0) is 29.1 Å². The van der Waals surface area contributed by atoms with Crippen LogP contribution in [0, 0.1) is 21.4 Å². The van der Waals surface area contributed by atoms with E-state index in [0.29, 0.717) is 27.3 Å². The molecule has 0 unspecified atom stereocenters. The highest BCUT2D eigenvalue weighted by molar-refractivity contribution is 7.12. The standard InChI is InChI=1S/C25H17N5O6S/c1-34-18-11-13(7-8-17(18)35-25(31)19-6-3-9-37-19)20-16(12-26)23(27)36-24-21(20)22(28-29-24)14-4-2-5-15(10-14)30(32)33/h2-11,20H,27H2,1H3,(H,28,29)/t20-/m0/s1. The van der Waals surface area contributed by atoms with Crippen molar-refractivity contribution in [1.29, 1.82) is 5.26 Å². The summed E-state index contributed by atoms with van der Waals surface area (Å²) >= 11 is 1.25. The van der Waals surface area contributed by atoms with Crippen LogP contribution in [0.1, 0.15) is 26.7 Å². The Morgan fingerprint density at radius 2 is 2.08 bits per heavy atom. The quantitative estimate of drug-likeness (QED) is 0.163. The Morgan fingerprint density at radius 1 is 1.24 bits per heavy atom. The van der Waals surface area contributed by atoms with Gasteiger partial charge in [0.15, 0.2) is 11.5 Å². The number of esters is 1. The molecule has 37 heavy (non-hydrogen) atoms. The molecule has 0 radical (unpaired) electrons. The van der Waals surface area contributed by atoms with Crippen LogP contribution in [-0.4, -0.2) is 28.2 Å². The lowest BCUT2D eigenvalue weighted by Crippen LogP contribution is -2.21. The molecule has 184 valence electrons. The minimum atomic E-state index is -0.752. The van der Waals surface area contributed by atoms with Gasteiger partial charge in [-0.15, -0.1) is 16.4 Å². The molecule has 0 fully saturated rings. The Kier molecular flexibility index (Phi) is 6.04. The molecule has 0 saturated carbocycles. The maximum atomic E-state index is 12.5. The highest BCUT2D eigenvalue weighted by atomic mass is 32.1. The van der Waals surface area contributed by atoms with Crippen LogP contribution in [0.3, 0.4) is 0 Å². The lowest BCUT2D eigenvalue weighted by Gasteiger charge is -2.24. The predicted octanol–water partition coefficient (Wildman–Crippen LogP) is 4.49. The topological polar surface area (TPSA) is 166 Å². The van der Waals surface area contributed by atoms with E-state index in [2.05, 4.69) is 16.3 Å². The summed E-state index contributed by atoms with van der Waals surface area (Å²) < 4.78 is 16.6. The third-order valence-electron chi connectivity index (χ3n) is 5.73. The molecule has 0 aliphatic carbocycles. The number of nitrogens with zero attached hydrogens (tertiary/aromatic N) is 3. The lowest BCUT2D eigenvalue weighted by atomic mass is 9.83. The molecule has 12 heteroatoms. The van der Waals surface area contributed by atoms with E-state index < -0.39 is 16.8 Å². The number of nitro groups is 1. The van der Waals surface area contributed by atoms with Crippen LogP contribution in [-0.2, 0) is 0 Å². The van der Waals surface area contributed by atoms with Crippen LogP contribution < -0.4 is 19.9 Å². The van der Waals surface area contributed by atoms with Gasteiger partial charge in [0.25, 0.3) is 5.69 Å². The molecule has 5 rings (SSSR count). The number of H-pyrrole nitrogens is 1. The van der Waals surface area contributed by atoms with Gasteiger partial charge < -0.3 is 19.9 Å². The zero-order valence-corrected chi connectivity index (χ0v) is 19.9. The fraction of sp³-hybridized carbons (Fsp3) is 0.0800. The number of nitrogens with one attached hydrogen (secondary N) is 1. The minimum absolute atomic E-state index is 0.108. The second-order valence-electron chi connectivity index (χ2n) is 7.83. The van der Waals surface area contributed by atoms with Crippen LogP contribution in [0.5, 0.6) is 17.4 Å². The zero-order chi connectivity index (χ0) is 26.1. The second kappa shape index (κ2) is 9.48. The van der Waals surface area contributed by atoms with Crippen LogP contribution in [0.25, 0.3) is 11.3 Å². The fourth-order valence-corrected chi connectivity index (χ4v) is 4.67. The van der Waals surface area contributed by atoms with Crippen molar-refractivity contribution >= 4 is 23.0 Å². The lowest BCUT2D eigenvalue weighted by molar-refractivity contribution is -0.384. The highest BCUT2D eigenvalue weighted by Gasteiger charge is 2.36. The summed E-state index contributed by atoms with van der Waals surface area (Å²) in [5.74, 6) is -0.818. The van der Waals surface area contributed by atoms with Gasteiger partial charge in [0.05, 0.1) is 29.2 Å². The summed E-state index contributed by atoms with van der Waals surface area (Å²) in [6.07, 6.45) is 0. The summed E-state index contributed by atoms with van der Waals surface area (Å²) in [7, 11) is 1.43. The van der Waals surface area contributed by atoms with E-state index in [1.54, 1.807) is 47.8 Å². The van der Waals surface area contributed by atoms with Gasteiger partial charge in [-0.1, -0.05) is 24.3 Å². The summed E-state index contributed by atoms with van der Waals surface area (Å²) in [6.45, 7) is 0. The molecule has 4 aromatic rings. The fourth-order valence-electron chi connectivity index (χ4n) is 4.07. The number of hydrogen-bond acceptors (Lipinski definition) is 10. The number of hydrogen-bond donors (Lipinski definition) is 2. The number of nitrogens with two attached hydrogens (primary N) is 1. The van der Waals surface area contributed by atoms with Gasteiger partial charge in [-0.3, -0.25) is 15.2 Å². The van der Waals surface area contributed by atoms with Gasteiger partial charge in [0.2, 0.25) is 11.8 Å². The molecule has 0 amide bonds. The number of aromatic amines is 1. The molecule has 1 aliphatic heterocycles. The summed E-state index contributed by atoms with van der Waals surface area (Å²) in [5, 5.41) is 30.1. The molecular weight excluding hydrogens is 498 g/mol. The number of carbonyl (C=O) groups is 1. The SMILES string of the molecule is COc1cc([C@H]2C(C#N)=C(N)Oc3n[nH]c(-c4cccc([N+](=O)[O-])c4)c32)ccc1OC(=O)c1cccs1. The molecular formula is C25H17N5O6S. The number of carbonyl (C=O) groups excluding carboxylic acids is 1. The van der Waals surface area contributed by atoms with Crippen molar-refractivity contribution in [3.8, 4) is 34.7 Å². The molecule has 0 saturated heterocycles. The Morgan fingerprint density at radius 3 is 2.78 bits per heavy atom. The van der Waals surface area contributed by atoms with Crippen molar-refractivity contribution in [3.05, 3.63) is 97.6 Å². The minimum Gasteiger partial charge on any atom is -0.493 e. The van der Waals surface area contributed by atoms with Crippen molar-refractivity contribution in [2.45, 2.75) is 5.92 Å². The molecule has 3 N–H and O–H groups in total. The van der Waals surface area contributed by atoms with E-state index in [0.717, 1.165) is 0 Å². The van der Waals surface area contributed by atoms with E-state index in [1.807, 2.05) is 0 Å². The van der Waals surface area contributed by atoms with Gasteiger partial charge in [-0.25, -0.2) is 4.79 Å². The zero-order valence-electron chi connectivity index (χ0n) is 19.1. The first-order chi connectivity index (χ1) is 17.9. The highest BCUT2D eigenvalue weighted by Crippen LogP contribution is 2.47. The normalized spacial score (nSPS) is 14.3. The molecule has 1 aliphatic rings. The summed E-state index contributed by atoms with van der Waals surface area (Å²) in [4.78, 5) is 23.7. The number of allylic oxidation sites excluding steroid dienone is 1. The third-order valence-corrected chi connectivity index (χ3v) is 6.58. The third kappa shape index (κ3) is 4.24. The number of fused-ring (bicyclic) bond motifs is 1. The number of benzene rings is 2. The van der Waals surface area contributed by atoms with E-state index in [4.69, 9.17) is 19.9 Å². The Balaban J connectivity index is 1.61. The van der Waals surface area contributed by atoms with Crippen molar-refractivity contribution in [2.75, 3.05) is 7.11 Å². The average Bonchev–Trinajstić information content (AvgIpc) is 3.59. The first kappa shape index (κ1) is 23.6. The monoisotopic (exact) mass is 515 g/mol. The van der Waals surface area contributed by atoms with Crippen LogP contribution in [0.4, 0.5) is 5.69 Å². The molecule has 0 bridgehead atoms. The molecule has 11 nitrogen and oxygen atoms in total. The van der Waals surface area contributed by atoms with Gasteiger partial charge >= 0.3 is 5.97 Å². The number of nitro benzene ring substituents is 1. The largest absolute Gasteiger partial charge is 0.493 e. The Bertz CT molecular complexity index is 1600. The Labute approximate surface area is 213 Å². The molecule has 3 heterocycles. The molecule has 0 spiro atoms. The summed E-state index contributed by atoms with van der Waals surface area (Å²) in [6, 6.07) is 16.4. The molecule has 2 aromatic carbocycles. The smallest absolute Gasteiger partial charge is 0.353 e. The van der Waals surface area contributed by atoms with Crippen LogP contribution >= 0.6 is 11.3 Å². The maximum Gasteiger partial charge on any atom is 0.353 e. The van der Waals surface area contributed by atoms with Crippen LogP contribution in [0.2, 0.25) is 0 Å². The van der Waals surface area contributed by atoms with E-state index in [1.165, 1.54) is 30.6 Å². The molecule has 1 atom stereocenters. The summed E-state index contributed by atoms with van der Waals surface area (Å²) in [5.41, 5.74) is 8.01. The second-order valence-corrected chi connectivity index (χ2v) is 8.77. The maximum absolute atomic E-state index is 12.5. The van der Waals surface area contributed by atoms with Crippen molar-refractivity contribution < 1.29 is 23.9 Å². The predicted molar refractivity (Wildman–Crippen MR) is 132 cm³/mol. The van der Waals surface area contributed by atoms with Crippen molar-refractivity contribution in [2.24, 2.45) is 5.73 Å².